The van der Waals surface area contributed by atoms with Crippen molar-refractivity contribution < 1.29 is 57.2 Å². The Morgan fingerprint density at radius 2 is 1.05 bits per heavy atom. The fraction of sp³-hybridized carbons (Fsp3) is 0.277. The fourth-order valence-corrected chi connectivity index (χ4v) is 8.07. The predicted octanol–water partition coefficient (Wildman–Crippen LogP) is 8.39. The Hall–Kier alpha value is -7.20. The van der Waals surface area contributed by atoms with Crippen molar-refractivity contribution in [1.82, 2.24) is 4.98 Å². The van der Waals surface area contributed by atoms with Gasteiger partial charge in [0.2, 0.25) is 5.13 Å². The molecule has 15 nitrogen and oxygen atoms in total. The number of esters is 6. The molecule has 1 N–H and O–H groups in total. The summed E-state index contributed by atoms with van der Waals surface area (Å²) in [6.07, 6.45) is 5.84. The quantitative estimate of drug-likeness (QED) is 0.0367. The maximum atomic E-state index is 13.5. The molecule has 324 valence electrons. The molecule has 1 heterocycles. The van der Waals surface area contributed by atoms with E-state index in [4.69, 9.17) is 28.4 Å². The largest absolute Gasteiger partial charge is 0.427 e. The molecule has 16 heteroatoms. The van der Waals surface area contributed by atoms with E-state index in [0.29, 0.717) is 79.3 Å². The Morgan fingerprint density at radius 3 is 1.54 bits per heavy atom. The smallest absolute Gasteiger partial charge is 0.335 e. The van der Waals surface area contributed by atoms with E-state index in [9.17, 15) is 28.8 Å². The lowest BCUT2D eigenvalue weighted by Crippen LogP contribution is -2.30. The van der Waals surface area contributed by atoms with Crippen LogP contribution in [0.1, 0.15) is 63.9 Å². The lowest BCUT2D eigenvalue weighted by atomic mass is 9.82. The highest BCUT2D eigenvalue weighted by molar-refractivity contribution is 7.22. The monoisotopic (exact) mass is 873 g/mol. The first-order valence-corrected chi connectivity index (χ1v) is 21.2. The molecule has 7 rings (SSSR count). The van der Waals surface area contributed by atoms with E-state index < -0.39 is 59.5 Å². The molecule has 2 saturated carbocycles. The molecular formula is C47H43N3O12S. The van der Waals surface area contributed by atoms with Crippen molar-refractivity contribution in [3.63, 3.8) is 0 Å². The molecule has 0 atom stereocenters. The highest BCUT2D eigenvalue weighted by atomic mass is 32.1. The lowest BCUT2D eigenvalue weighted by molar-refractivity contribution is -0.145. The first-order chi connectivity index (χ1) is 30.5. The zero-order chi connectivity index (χ0) is 44.3. The van der Waals surface area contributed by atoms with Gasteiger partial charge in [-0.15, -0.1) is 0 Å². The van der Waals surface area contributed by atoms with Gasteiger partial charge >= 0.3 is 35.8 Å². The van der Waals surface area contributed by atoms with Crippen molar-refractivity contribution in [3.05, 3.63) is 109 Å². The summed E-state index contributed by atoms with van der Waals surface area (Å²) in [5, 5.41) is 4.90. The van der Waals surface area contributed by atoms with E-state index in [1.54, 1.807) is 18.2 Å². The summed E-state index contributed by atoms with van der Waals surface area (Å²) >= 11 is 1.42. The third-order valence-electron chi connectivity index (χ3n) is 10.6. The third-order valence-corrected chi connectivity index (χ3v) is 11.5. The van der Waals surface area contributed by atoms with Gasteiger partial charge in [0.15, 0.2) is 0 Å². The van der Waals surface area contributed by atoms with Crippen LogP contribution in [0.25, 0.3) is 10.2 Å². The molecule has 2 fully saturated rings. The Kier molecular flexibility index (Phi) is 14.3. The van der Waals surface area contributed by atoms with Crippen LogP contribution in [-0.4, -0.2) is 47.0 Å². The predicted molar refractivity (Wildman–Crippen MR) is 231 cm³/mol. The second-order valence-electron chi connectivity index (χ2n) is 15.0. The minimum Gasteiger partial charge on any atom is -0.427 e. The number of rotatable bonds is 14. The van der Waals surface area contributed by atoms with Crippen LogP contribution < -0.4 is 33.8 Å². The van der Waals surface area contributed by atoms with Crippen molar-refractivity contribution in [2.75, 3.05) is 5.43 Å². The molecule has 0 unspecified atom stereocenters. The number of hydrogen-bond acceptors (Lipinski definition) is 16. The molecule has 0 spiro atoms. The standard InChI is InChI=1S/C47H43N3O12S/c1-3-42(52)58-35-18-22-37(23-19-35)60-44(54)30-12-14-32(15-13-30)46(56)62-40-25-24-38(26-33(40)27-48-50-47-49-39-6-4-5-7-41(39)63-47)61-45(55)31-10-8-29(9-11-31)43(53)59-36-20-16-34(17-21-36)57-28(2)51/h3-7,16-27,29-32H,1,8-15H2,2H3,(H,49,50)/b48-27+. The first kappa shape index (κ1) is 43.9. The van der Waals surface area contributed by atoms with Gasteiger partial charge in [0, 0.05) is 18.6 Å². The van der Waals surface area contributed by atoms with E-state index in [-0.39, 0.29) is 17.2 Å². The van der Waals surface area contributed by atoms with Crippen molar-refractivity contribution >= 4 is 68.7 Å². The average Bonchev–Trinajstić information content (AvgIpc) is 3.71. The number of hydrogen-bond donors (Lipinski definition) is 1. The van der Waals surface area contributed by atoms with Crippen LogP contribution in [0.2, 0.25) is 0 Å². The first-order valence-electron chi connectivity index (χ1n) is 20.4. The van der Waals surface area contributed by atoms with Gasteiger partial charge in [-0.2, -0.15) is 5.10 Å². The summed E-state index contributed by atoms with van der Waals surface area (Å²) in [5.74, 6) is -2.89. The Morgan fingerprint density at radius 1 is 0.603 bits per heavy atom. The number of aromatic nitrogens is 1. The molecule has 0 amide bonds. The summed E-state index contributed by atoms with van der Waals surface area (Å²) in [4.78, 5) is 79.9. The van der Waals surface area contributed by atoms with Gasteiger partial charge in [0.05, 0.1) is 40.1 Å². The maximum absolute atomic E-state index is 13.5. The Balaban J connectivity index is 0.948. The van der Waals surface area contributed by atoms with Crippen LogP contribution in [0.3, 0.4) is 0 Å². The summed E-state index contributed by atoms with van der Waals surface area (Å²) in [5.41, 5.74) is 4.10. The van der Waals surface area contributed by atoms with Crippen molar-refractivity contribution in [1.29, 1.82) is 0 Å². The Bertz CT molecular complexity index is 2490. The SMILES string of the molecule is C=CC(=O)Oc1ccc(OC(=O)C2CCC(C(=O)Oc3ccc(OC(=O)C4CCC(C(=O)Oc5ccc(OC(C)=O)cc5)CC4)cc3/C=N/Nc3nc4ccccc4s3)CC2)cc1. The number of hydrazone groups is 1. The molecule has 0 radical (unpaired) electrons. The fourth-order valence-electron chi connectivity index (χ4n) is 7.26. The summed E-state index contributed by atoms with van der Waals surface area (Å²) in [6.45, 7) is 4.66. The highest BCUT2D eigenvalue weighted by Crippen LogP contribution is 2.35. The molecule has 0 bridgehead atoms. The minimum atomic E-state index is -0.603. The summed E-state index contributed by atoms with van der Waals surface area (Å²) in [7, 11) is 0. The van der Waals surface area contributed by atoms with E-state index in [1.807, 2.05) is 24.3 Å². The highest BCUT2D eigenvalue weighted by Gasteiger charge is 2.34. The summed E-state index contributed by atoms with van der Waals surface area (Å²) in [6, 6.07) is 24.5. The van der Waals surface area contributed by atoms with Crippen LogP contribution in [0.5, 0.6) is 34.5 Å². The number of thiazole rings is 1. The van der Waals surface area contributed by atoms with Gasteiger partial charge in [0.25, 0.3) is 0 Å². The number of carbonyl (C=O) groups excluding carboxylic acids is 6. The zero-order valence-electron chi connectivity index (χ0n) is 34.2. The number of nitrogens with zero attached hydrogens (tertiary/aromatic N) is 2. The van der Waals surface area contributed by atoms with Gasteiger partial charge in [-0.25, -0.2) is 9.78 Å². The number of para-hydroxylation sites is 1. The Labute approximate surface area is 366 Å². The summed E-state index contributed by atoms with van der Waals surface area (Å²) < 4.78 is 33.9. The number of ether oxygens (including phenoxy) is 6. The van der Waals surface area contributed by atoms with Crippen LogP contribution in [0.15, 0.2) is 109 Å². The molecular weight excluding hydrogens is 831 g/mol. The second-order valence-corrected chi connectivity index (χ2v) is 16.0. The number of benzene rings is 4. The molecule has 4 aromatic carbocycles. The number of nitrogens with one attached hydrogen (secondary N) is 1. The second kappa shape index (κ2) is 20.6. The topological polar surface area (TPSA) is 195 Å². The average molecular weight is 874 g/mol. The minimum absolute atomic E-state index is 0.193. The van der Waals surface area contributed by atoms with Gasteiger partial charge in [0.1, 0.15) is 34.5 Å². The van der Waals surface area contributed by atoms with E-state index in [1.165, 1.54) is 73.0 Å². The normalized spacial score (nSPS) is 18.4. The van der Waals surface area contributed by atoms with Crippen LogP contribution in [0.4, 0.5) is 5.13 Å². The van der Waals surface area contributed by atoms with Crippen LogP contribution >= 0.6 is 11.3 Å². The number of carbonyl (C=O) groups is 6. The molecule has 0 aliphatic heterocycles. The van der Waals surface area contributed by atoms with Gasteiger partial charge in [-0.3, -0.25) is 29.4 Å². The third kappa shape index (κ3) is 12.0. The van der Waals surface area contributed by atoms with Crippen LogP contribution in [-0.2, 0) is 28.8 Å². The van der Waals surface area contributed by atoms with Gasteiger partial charge < -0.3 is 28.4 Å². The maximum Gasteiger partial charge on any atom is 0.335 e. The van der Waals surface area contributed by atoms with E-state index in [2.05, 4.69) is 22.1 Å². The van der Waals surface area contributed by atoms with Crippen LogP contribution in [0, 0.1) is 23.7 Å². The molecule has 0 saturated heterocycles. The van der Waals surface area contributed by atoms with E-state index >= 15 is 0 Å². The van der Waals surface area contributed by atoms with Crippen molar-refractivity contribution in [3.8, 4) is 34.5 Å². The molecule has 1 aromatic heterocycles. The van der Waals surface area contributed by atoms with Crippen molar-refractivity contribution in [2.24, 2.45) is 28.8 Å². The zero-order valence-corrected chi connectivity index (χ0v) is 35.0. The molecule has 63 heavy (non-hydrogen) atoms. The number of anilines is 1. The van der Waals surface area contributed by atoms with Gasteiger partial charge in [-0.1, -0.05) is 30.0 Å². The van der Waals surface area contributed by atoms with Crippen molar-refractivity contribution in [2.45, 2.75) is 58.3 Å². The van der Waals surface area contributed by atoms with E-state index in [0.717, 1.165) is 16.3 Å². The molecule has 2 aliphatic rings. The molecule has 5 aromatic rings. The lowest BCUT2D eigenvalue weighted by Gasteiger charge is -2.26. The molecule has 2 aliphatic carbocycles. The number of fused-ring (bicyclic) bond motifs is 1. The van der Waals surface area contributed by atoms with Gasteiger partial charge in [-0.05, 0) is 130 Å².